The Labute approximate surface area is 206 Å². The van der Waals surface area contributed by atoms with Crippen molar-refractivity contribution >= 4 is 45.8 Å². The Balaban J connectivity index is 0.00000274. The summed E-state index contributed by atoms with van der Waals surface area (Å²) in [5, 5.41) is 1.04. The number of rotatable bonds is 6. The van der Waals surface area contributed by atoms with Crippen molar-refractivity contribution in [3.63, 3.8) is 0 Å². The van der Waals surface area contributed by atoms with E-state index in [1.165, 1.54) is 19.3 Å². The fourth-order valence-corrected chi connectivity index (χ4v) is 5.11. The van der Waals surface area contributed by atoms with Crippen molar-refractivity contribution in [2.75, 3.05) is 25.7 Å². The van der Waals surface area contributed by atoms with Gasteiger partial charge in [0.1, 0.15) is 0 Å². The number of nitrogens with zero attached hydrogens (tertiary/aromatic N) is 4. The number of H-pyrrole nitrogens is 1. The Kier molecular flexibility index (Phi) is 7.19. The molecule has 0 radical (unpaired) electrons. The molecule has 5 rings (SSSR count). The molecule has 1 N–H and O–H groups in total. The number of hydrogen-bond donors (Lipinski definition) is 1. The van der Waals surface area contributed by atoms with Gasteiger partial charge in [-0.05, 0) is 69.3 Å². The van der Waals surface area contributed by atoms with Gasteiger partial charge < -0.3 is 9.88 Å². The standard InChI is InChI=1S/C27H31N5O.ClH/c1-18(33)23-15-28-24-11-9-19(20-10-12-25-26(14-20)30-16-29-25)13-22(24)27(23)32(17-31(2)3)21-7-5-4-6-8-21;/h9-16,21H,4-8,17H2,1-3H3,(H,29,30);1H. The molecule has 2 aromatic carbocycles. The van der Waals surface area contributed by atoms with Crippen LogP contribution in [0.1, 0.15) is 49.4 Å². The van der Waals surface area contributed by atoms with Gasteiger partial charge in [-0.2, -0.15) is 0 Å². The highest BCUT2D eigenvalue weighted by molar-refractivity contribution is 6.08. The van der Waals surface area contributed by atoms with E-state index in [2.05, 4.69) is 69.2 Å². The maximum atomic E-state index is 12.8. The average Bonchev–Trinajstić information content (AvgIpc) is 3.30. The van der Waals surface area contributed by atoms with Crippen molar-refractivity contribution in [3.8, 4) is 11.1 Å². The first-order chi connectivity index (χ1) is 16.0. The molecule has 0 saturated heterocycles. The van der Waals surface area contributed by atoms with Crippen molar-refractivity contribution in [3.05, 3.63) is 54.5 Å². The maximum Gasteiger partial charge on any atom is 0.163 e. The Hall–Kier alpha value is -2.96. The molecule has 6 nitrogen and oxygen atoms in total. The predicted molar refractivity (Wildman–Crippen MR) is 142 cm³/mol. The van der Waals surface area contributed by atoms with Gasteiger partial charge in [-0.1, -0.05) is 31.4 Å². The van der Waals surface area contributed by atoms with Gasteiger partial charge >= 0.3 is 0 Å². The molecule has 2 heterocycles. The second kappa shape index (κ2) is 10.1. The van der Waals surface area contributed by atoms with Gasteiger partial charge in [0.05, 0.1) is 40.8 Å². The summed E-state index contributed by atoms with van der Waals surface area (Å²) in [7, 11) is 4.19. The van der Waals surface area contributed by atoms with E-state index in [0.717, 1.165) is 58.3 Å². The van der Waals surface area contributed by atoms with Crippen molar-refractivity contribution in [2.45, 2.75) is 45.1 Å². The normalized spacial score (nSPS) is 14.5. The molecule has 7 heteroatoms. The minimum atomic E-state index is 0. The lowest BCUT2D eigenvalue weighted by molar-refractivity contribution is 0.101. The van der Waals surface area contributed by atoms with Gasteiger partial charge in [0.2, 0.25) is 0 Å². The van der Waals surface area contributed by atoms with Crippen LogP contribution < -0.4 is 4.90 Å². The van der Waals surface area contributed by atoms with Crippen LogP contribution in [0.3, 0.4) is 0 Å². The molecular formula is C27H32ClN5O. The second-order valence-corrected chi connectivity index (χ2v) is 9.43. The number of carbonyl (C=O) groups is 1. The third kappa shape index (κ3) is 4.65. The van der Waals surface area contributed by atoms with Gasteiger partial charge in [-0.3, -0.25) is 14.7 Å². The summed E-state index contributed by atoms with van der Waals surface area (Å²) in [6.45, 7) is 2.42. The summed E-state index contributed by atoms with van der Waals surface area (Å²) >= 11 is 0. The fraction of sp³-hybridized carbons (Fsp3) is 0.370. The minimum Gasteiger partial charge on any atom is -0.354 e. The van der Waals surface area contributed by atoms with E-state index in [1.807, 2.05) is 6.07 Å². The zero-order valence-electron chi connectivity index (χ0n) is 20.0. The zero-order valence-corrected chi connectivity index (χ0v) is 20.9. The summed E-state index contributed by atoms with van der Waals surface area (Å²) in [6.07, 6.45) is 9.57. The number of benzene rings is 2. The smallest absolute Gasteiger partial charge is 0.163 e. The van der Waals surface area contributed by atoms with Crippen LogP contribution in [0.15, 0.2) is 48.9 Å². The molecule has 1 saturated carbocycles. The third-order valence-electron chi connectivity index (χ3n) is 6.71. The highest BCUT2D eigenvalue weighted by atomic mass is 35.5. The number of aromatic amines is 1. The first-order valence-corrected chi connectivity index (χ1v) is 11.8. The van der Waals surface area contributed by atoms with E-state index in [0.29, 0.717) is 11.6 Å². The van der Waals surface area contributed by atoms with Crippen molar-refractivity contribution < 1.29 is 4.79 Å². The summed E-state index contributed by atoms with van der Waals surface area (Å²) in [5.74, 6) is 0.0586. The van der Waals surface area contributed by atoms with E-state index in [-0.39, 0.29) is 18.2 Å². The zero-order chi connectivity index (χ0) is 22.9. The Morgan fingerprint density at radius 3 is 2.41 bits per heavy atom. The van der Waals surface area contributed by atoms with Crippen LogP contribution >= 0.6 is 12.4 Å². The van der Waals surface area contributed by atoms with E-state index in [1.54, 1.807) is 19.4 Å². The van der Waals surface area contributed by atoms with Crippen LogP contribution in [0.2, 0.25) is 0 Å². The number of anilines is 1. The number of imidazole rings is 1. The molecule has 0 atom stereocenters. The third-order valence-corrected chi connectivity index (χ3v) is 6.71. The van der Waals surface area contributed by atoms with Gasteiger partial charge in [-0.15, -0.1) is 12.4 Å². The van der Waals surface area contributed by atoms with Crippen LogP contribution in [0.4, 0.5) is 5.69 Å². The maximum absolute atomic E-state index is 12.8. The number of aromatic nitrogens is 3. The number of Topliss-reactive ketones (excluding diaryl/α,β-unsaturated/α-hetero) is 1. The largest absolute Gasteiger partial charge is 0.354 e. The van der Waals surface area contributed by atoms with Crippen molar-refractivity contribution in [2.24, 2.45) is 0 Å². The molecular weight excluding hydrogens is 446 g/mol. The molecule has 0 spiro atoms. The van der Waals surface area contributed by atoms with Crippen molar-refractivity contribution in [1.29, 1.82) is 0 Å². The van der Waals surface area contributed by atoms with E-state index in [4.69, 9.17) is 0 Å². The van der Waals surface area contributed by atoms with Gasteiger partial charge in [0, 0.05) is 17.6 Å². The van der Waals surface area contributed by atoms with Gasteiger partial charge in [-0.25, -0.2) is 4.98 Å². The lowest BCUT2D eigenvalue weighted by Gasteiger charge is -2.39. The number of carbonyl (C=O) groups excluding carboxylic acids is 1. The predicted octanol–water partition coefficient (Wildman–Crippen LogP) is 6.06. The average molecular weight is 478 g/mol. The summed E-state index contributed by atoms with van der Waals surface area (Å²) in [5.41, 5.74) is 6.84. The number of pyridine rings is 1. The Morgan fingerprint density at radius 1 is 1.00 bits per heavy atom. The van der Waals surface area contributed by atoms with Crippen molar-refractivity contribution in [1.82, 2.24) is 19.9 Å². The molecule has 0 bridgehead atoms. The summed E-state index contributed by atoms with van der Waals surface area (Å²) in [6, 6.07) is 13.1. The molecule has 4 aromatic rings. The highest BCUT2D eigenvalue weighted by Gasteiger charge is 2.27. The van der Waals surface area contributed by atoms with E-state index in [9.17, 15) is 4.79 Å². The fourth-order valence-electron chi connectivity index (χ4n) is 5.11. The topological polar surface area (TPSA) is 65.1 Å². The van der Waals surface area contributed by atoms with E-state index < -0.39 is 0 Å². The molecule has 0 aliphatic heterocycles. The number of fused-ring (bicyclic) bond motifs is 2. The Bertz CT molecular complexity index is 1310. The van der Waals surface area contributed by atoms with Crippen LogP contribution in [0.25, 0.3) is 33.1 Å². The molecule has 1 aliphatic rings. The summed E-state index contributed by atoms with van der Waals surface area (Å²) < 4.78 is 0. The van der Waals surface area contributed by atoms with Crippen LogP contribution in [-0.4, -0.2) is 52.4 Å². The Morgan fingerprint density at radius 2 is 1.71 bits per heavy atom. The first-order valence-electron chi connectivity index (χ1n) is 11.8. The van der Waals surface area contributed by atoms with Gasteiger partial charge in [0.25, 0.3) is 0 Å². The molecule has 178 valence electrons. The van der Waals surface area contributed by atoms with Gasteiger partial charge in [0.15, 0.2) is 5.78 Å². The van der Waals surface area contributed by atoms with Crippen LogP contribution in [-0.2, 0) is 0 Å². The quantitative estimate of drug-likeness (QED) is 0.270. The molecule has 2 aromatic heterocycles. The van der Waals surface area contributed by atoms with Crippen LogP contribution in [0, 0.1) is 0 Å². The number of ketones is 1. The van der Waals surface area contributed by atoms with E-state index >= 15 is 0 Å². The first kappa shape index (κ1) is 24.2. The number of halogens is 1. The molecule has 1 fully saturated rings. The molecule has 1 aliphatic carbocycles. The second-order valence-electron chi connectivity index (χ2n) is 9.43. The number of hydrogen-bond acceptors (Lipinski definition) is 5. The monoisotopic (exact) mass is 477 g/mol. The molecule has 0 amide bonds. The molecule has 34 heavy (non-hydrogen) atoms. The lowest BCUT2D eigenvalue weighted by atomic mass is 9.92. The molecule has 0 unspecified atom stereocenters. The number of nitrogens with one attached hydrogen (secondary N) is 1. The summed E-state index contributed by atoms with van der Waals surface area (Å²) in [4.78, 5) is 29.6. The highest BCUT2D eigenvalue weighted by Crippen LogP contribution is 2.37. The SMILES string of the molecule is CC(=O)c1cnc2ccc(-c3ccc4nc[nH]c4c3)cc2c1N(CN(C)C)C1CCCCC1.Cl. The minimum absolute atomic E-state index is 0. The lowest BCUT2D eigenvalue weighted by Crippen LogP contribution is -2.43. The van der Waals surface area contributed by atoms with Crippen LogP contribution in [0.5, 0.6) is 0 Å².